The summed E-state index contributed by atoms with van der Waals surface area (Å²) in [5.74, 6) is 0.772. The first kappa shape index (κ1) is 10.9. The third-order valence-electron chi connectivity index (χ3n) is 2.60. The van der Waals surface area contributed by atoms with Gasteiger partial charge in [-0.05, 0) is 18.1 Å². The van der Waals surface area contributed by atoms with E-state index in [0.29, 0.717) is 24.5 Å². The summed E-state index contributed by atoms with van der Waals surface area (Å²) in [5, 5.41) is 8.62. The Bertz CT molecular complexity index is 438. The number of halogens is 1. The normalized spacial score (nSPS) is 19.9. The van der Waals surface area contributed by atoms with Crippen LogP contribution in [0.2, 0.25) is 0 Å². The van der Waals surface area contributed by atoms with Gasteiger partial charge in [-0.2, -0.15) is 5.26 Å². The van der Waals surface area contributed by atoms with Gasteiger partial charge < -0.3 is 4.90 Å². The molecule has 1 aliphatic heterocycles. The Morgan fingerprint density at radius 3 is 2.94 bits per heavy atom. The highest BCUT2D eigenvalue weighted by Gasteiger charge is 2.29. The quantitative estimate of drug-likeness (QED) is 0.731. The molecule has 0 bridgehead atoms. The summed E-state index contributed by atoms with van der Waals surface area (Å²) in [6.45, 7) is 0.635. The van der Waals surface area contributed by atoms with Crippen LogP contribution in [-0.4, -0.2) is 23.3 Å². The number of amides is 1. The fourth-order valence-electron chi connectivity index (χ4n) is 1.75. The lowest BCUT2D eigenvalue weighted by atomic mass is 10.1. The molecule has 4 nitrogen and oxygen atoms in total. The predicted octanol–water partition coefficient (Wildman–Crippen LogP) is 1.54. The van der Waals surface area contributed by atoms with Crippen molar-refractivity contribution in [3.05, 3.63) is 24.0 Å². The molecule has 5 heteroatoms. The molecular formula is C11H10ClN3O. The monoisotopic (exact) mass is 235 g/mol. The Hall–Kier alpha value is -1.60. The molecule has 0 spiro atoms. The maximum absolute atomic E-state index is 11.7. The molecule has 0 aliphatic carbocycles. The number of hydrogen-bond donors (Lipinski definition) is 0. The van der Waals surface area contributed by atoms with Crippen molar-refractivity contribution < 1.29 is 4.79 Å². The van der Waals surface area contributed by atoms with Crippen molar-refractivity contribution in [2.24, 2.45) is 5.92 Å². The van der Waals surface area contributed by atoms with Gasteiger partial charge >= 0.3 is 0 Å². The summed E-state index contributed by atoms with van der Waals surface area (Å²) in [6, 6.07) is 5.28. The van der Waals surface area contributed by atoms with Crippen LogP contribution >= 0.6 is 11.6 Å². The summed E-state index contributed by atoms with van der Waals surface area (Å²) >= 11 is 5.74. The van der Waals surface area contributed by atoms with Crippen LogP contribution in [0.5, 0.6) is 0 Å². The van der Waals surface area contributed by atoms with E-state index in [1.165, 1.54) is 0 Å². The molecule has 0 N–H and O–H groups in total. The third kappa shape index (κ3) is 2.00. The summed E-state index contributed by atoms with van der Waals surface area (Å²) in [5.41, 5.74) is 1.08. The van der Waals surface area contributed by atoms with Crippen molar-refractivity contribution in [2.45, 2.75) is 6.42 Å². The predicted molar refractivity (Wildman–Crippen MR) is 60.1 cm³/mol. The lowest BCUT2D eigenvalue weighted by Crippen LogP contribution is -2.24. The molecule has 1 fully saturated rings. The van der Waals surface area contributed by atoms with Gasteiger partial charge in [0, 0.05) is 18.8 Å². The number of hydrogen-bond acceptors (Lipinski definition) is 3. The first-order valence-corrected chi connectivity index (χ1v) is 5.50. The third-order valence-corrected chi connectivity index (χ3v) is 3.03. The van der Waals surface area contributed by atoms with Crippen LogP contribution in [0.3, 0.4) is 0 Å². The summed E-state index contributed by atoms with van der Waals surface area (Å²) < 4.78 is 0. The number of alkyl halides is 1. The molecule has 1 aliphatic rings. The van der Waals surface area contributed by atoms with Crippen molar-refractivity contribution in [1.82, 2.24) is 4.98 Å². The number of carbonyl (C=O) groups is 1. The van der Waals surface area contributed by atoms with Gasteiger partial charge in [0.2, 0.25) is 5.91 Å². The van der Waals surface area contributed by atoms with E-state index in [2.05, 4.69) is 4.98 Å². The number of nitrogens with zero attached hydrogens (tertiary/aromatic N) is 3. The highest BCUT2D eigenvalue weighted by atomic mass is 35.5. The zero-order valence-corrected chi connectivity index (χ0v) is 9.31. The summed E-state index contributed by atoms with van der Waals surface area (Å²) in [6.07, 6.45) is 2.04. The fraction of sp³-hybridized carbons (Fsp3) is 0.364. The van der Waals surface area contributed by atoms with Gasteiger partial charge in [-0.15, -0.1) is 11.6 Å². The molecule has 82 valence electrons. The van der Waals surface area contributed by atoms with Crippen molar-refractivity contribution >= 4 is 23.2 Å². The van der Waals surface area contributed by atoms with Crippen molar-refractivity contribution in [3.63, 3.8) is 0 Å². The molecule has 1 atom stereocenters. The minimum Gasteiger partial charge on any atom is -0.311 e. The maximum atomic E-state index is 11.7. The van der Waals surface area contributed by atoms with Gasteiger partial charge in [0.15, 0.2) is 0 Å². The van der Waals surface area contributed by atoms with Crippen LogP contribution in [0, 0.1) is 17.2 Å². The molecule has 0 radical (unpaired) electrons. The van der Waals surface area contributed by atoms with E-state index in [0.717, 1.165) is 5.69 Å². The van der Waals surface area contributed by atoms with Crippen LogP contribution < -0.4 is 4.90 Å². The second kappa shape index (κ2) is 4.50. The Morgan fingerprint density at radius 2 is 2.44 bits per heavy atom. The average Bonchev–Trinajstić information content (AvgIpc) is 2.71. The lowest BCUT2D eigenvalue weighted by Gasteiger charge is -2.15. The van der Waals surface area contributed by atoms with E-state index >= 15 is 0 Å². The smallest absolute Gasteiger partial charge is 0.227 e. The van der Waals surface area contributed by atoms with Crippen LogP contribution in [0.15, 0.2) is 18.3 Å². The lowest BCUT2D eigenvalue weighted by molar-refractivity contribution is -0.117. The fourth-order valence-corrected chi connectivity index (χ4v) is 1.95. The Balaban J connectivity index is 2.19. The molecule has 0 aromatic carbocycles. The van der Waals surface area contributed by atoms with Gasteiger partial charge in [0.1, 0.15) is 11.8 Å². The highest BCUT2D eigenvalue weighted by Crippen LogP contribution is 2.25. The Morgan fingerprint density at radius 1 is 1.62 bits per heavy atom. The molecule has 2 heterocycles. The van der Waals surface area contributed by atoms with E-state index in [1.54, 1.807) is 23.2 Å². The van der Waals surface area contributed by atoms with Gasteiger partial charge in [-0.25, -0.2) is 4.98 Å². The van der Waals surface area contributed by atoms with E-state index in [-0.39, 0.29) is 11.8 Å². The number of nitriles is 1. The van der Waals surface area contributed by atoms with E-state index < -0.39 is 0 Å². The first-order chi connectivity index (χ1) is 7.74. The summed E-state index contributed by atoms with van der Waals surface area (Å²) in [7, 11) is 0. The van der Waals surface area contributed by atoms with Crippen LogP contribution in [0.1, 0.15) is 12.1 Å². The Labute approximate surface area is 98.5 Å². The number of pyridine rings is 1. The molecule has 1 saturated heterocycles. The minimum atomic E-state index is 0.0668. The topological polar surface area (TPSA) is 57.0 Å². The van der Waals surface area contributed by atoms with Crippen molar-refractivity contribution in [2.75, 3.05) is 17.3 Å². The van der Waals surface area contributed by atoms with Gasteiger partial charge in [-0.1, -0.05) is 0 Å². The molecule has 2 rings (SSSR count). The maximum Gasteiger partial charge on any atom is 0.227 e. The number of carbonyl (C=O) groups excluding carboxylic acids is 1. The molecule has 1 aromatic heterocycles. The Kier molecular flexibility index (Phi) is 3.07. The second-order valence-corrected chi connectivity index (χ2v) is 4.05. The molecule has 1 aromatic rings. The van der Waals surface area contributed by atoms with E-state index in [4.69, 9.17) is 16.9 Å². The van der Waals surface area contributed by atoms with Crippen molar-refractivity contribution in [3.8, 4) is 6.07 Å². The molecular weight excluding hydrogens is 226 g/mol. The largest absolute Gasteiger partial charge is 0.311 e. The average molecular weight is 236 g/mol. The van der Waals surface area contributed by atoms with Crippen molar-refractivity contribution in [1.29, 1.82) is 5.26 Å². The number of aromatic nitrogens is 1. The first-order valence-electron chi connectivity index (χ1n) is 4.97. The van der Waals surface area contributed by atoms with E-state index in [9.17, 15) is 4.79 Å². The zero-order chi connectivity index (χ0) is 11.5. The van der Waals surface area contributed by atoms with Crippen LogP contribution in [0.4, 0.5) is 5.69 Å². The van der Waals surface area contributed by atoms with Crippen LogP contribution in [-0.2, 0) is 4.79 Å². The van der Waals surface area contributed by atoms with Gasteiger partial charge in [-0.3, -0.25) is 4.79 Å². The standard InChI is InChI=1S/C11H10ClN3O/c12-4-8-3-11(16)15(7-8)10-2-1-9(5-13)14-6-10/h1-2,6,8H,3-4,7H2. The molecule has 16 heavy (non-hydrogen) atoms. The molecule has 1 unspecified atom stereocenters. The molecule has 0 saturated carbocycles. The molecule has 1 amide bonds. The van der Waals surface area contributed by atoms with Gasteiger partial charge in [0.25, 0.3) is 0 Å². The minimum absolute atomic E-state index is 0.0668. The number of anilines is 1. The number of rotatable bonds is 2. The van der Waals surface area contributed by atoms with E-state index in [1.807, 2.05) is 6.07 Å². The van der Waals surface area contributed by atoms with Crippen LogP contribution in [0.25, 0.3) is 0 Å². The summed E-state index contributed by atoms with van der Waals surface area (Å²) in [4.78, 5) is 17.3. The van der Waals surface area contributed by atoms with Gasteiger partial charge in [0.05, 0.1) is 11.9 Å². The second-order valence-electron chi connectivity index (χ2n) is 3.74. The SMILES string of the molecule is N#Cc1ccc(N2CC(CCl)CC2=O)cn1. The highest BCUT2D eigenvalue weighted by molar-refractivity contribution is 6.18. The zero-order valence-electron chi connectivity index (χ0n) is 8.56.